The van der Waals surface area contributed by atoms with E-state index >= 15 is 0 Å². The number of hydrogen-bond donors (Lipinski definition) is 1. The van der Waals surface area contributed by atoms with Gasteiger partial charge in [-0.2, -0.15) is 0 Å². The monoisotopic (exact) mass is 781 g/mol. The van der Waals surface area contributed by atoms with Crippen LogP contribution in [0.1, 0.15) is 265 Å². The van der Waals surface area contributed by atoms with E-state index in [4.69, 9.17) is 14.2 Å². The molecule has 1 N–H and O–H groups in total. The second-order valence-corrected chi connectivity index (χ2v) is 17.0. The van der Waals surface area contributed by atoms with Crippen LogP contribution in [0.5, 0.6) is 0 Å². The number of carboxylic acid groups (broad SMARTS) is 1. The van der Waals surface area contributed by atoms with Crippen molar-refractivity contribution >= 4 is 17.9 Å². The zero-order valence-corrected chi connectivity index (χ0v) is 37.1. The number of ether oxygens (including phenoxy) is 3. The second-order valence-electron chi connectivity index (χ2n) is 17.0. The van der Waals surface area contributed by atoms with Gasteiger partial charge < -0.3 is 19.3 Å². The predicted octanol–water partition coefficient (Wildman–Crippen LogP) is 14.8. The van der Waals surface area contributed by atoms with E-state index in [1.807, 2.05) is 6.92 Å². The summed E-state index contributed by atoms with van der Waals surface area (Å²) >= 11 is 0. The molecule has 0 rings (SSSR count). The Bertz CT molecular complexity index is 815. The van der Waals surface area contributed by atoms with E-state index in [0.717, 1.165) is 57.8 Å². The molecule has 7 heteroatoms. The molecule has 0 bridgehead atoms. The molecule has 0 fully saturated rings. The van der Waals surface area contributed by atoms with Gasteiger partial charge in [0.2, 0.25) is 0 Å². The number of carbonyl (C=O) groups excluding carboxylic acids is 2. The van der Waals surface area contributed by atoms with Crippen LogP contribution in [-0.4, -0.2) is 47.9 Å². The van der Waals surface area contributed by atoms with Gasteiger partial charge in [0.15, 0.2) is 0 Å². The summed E-state index contributed by atoms with van der Waals surface area (Å²) < 4.78 is 18.1. The van der Waals surface area contributed by atoms with Crippen LogP contribution in [0.25, 0.3) is 0 Å². The topological polar surface area (TPSA) is 99.1 Å². The first-order valence-corrected chi connectivity index (χ1v) is 24.0. The number of aliphatic carboxylic acids is 1. The van der Waals surface area contributed by atoms with Gasteiger partial charge in [0.1, 0.15) is 19.3 Å². The molecule has 0 amide bonds. The normalized spacial score (nSPS) is 12.6. The first-order chi connectivity index (χ1) is 26.8. The number of carboxylic acids is 1. The summed E-state index contributed by atoms with van der Waals surface area (Å²) in [6.45, 7) is 8.83. The lowest BCUT2D eigenvalue weighted by Crippen LogP contribution is -2.39. The Morgan fingerprint density at radius 1 is 0.418 bits per heavy atom. The first-order valence-electron chi connectivity index (χ1n) is 24.0. The third-order valence-corrected chi connectivity index (χ3v) is 11.2. The van der Waals surface area contributed by atoms with Crippen LogP contribution in [0.2, 0.25) is 0 Å². The lowest BCUT2D eigenvalue weighted by molar-refractivity contribution is -0.170. The molecule has 0 heterocycles. The zero-order valence-electron chi connectivity index (χ0n) is 37.1. The number of unbranched alkanes of at least 4 members (excludes halogenated alkanes) is 28. The fourth-order valence-electron chi connectivity index (χ4n) is 7.57. The molecular weight excluding hydrogens is 689 g/mol. The van der Waals surface area contributed by atoms with Crippen LogP contribution in [0.4, 0.5) is 0 Å². The minimum absolute atomic E-state index is 0.0354. The predicted molar refractivity (Wildman–Crippen MR) is 231 cm³/mol. The number of rotatable bonds is 44. The van der Waals surface area contributed by atoms with E-state index in [9.17, 15) is 19.5 Å². The fraction of sp³-hybridized carbons (Fsp3) is 0.938. The number of esters is 2. The van der Waals surface area contributed by atoms with Crippen molar-refractivity contribution in [1.82, 2.24) is 0 Å². The fourth-order valence-corrected chi connectivity index (χ4v) is 7.57. The molecule has 326 valence electrons. The Labute approximate surface area is 341 Å². The summed E-state index contributed by atoms with van der Waals surface area (Å²) in [6, 6.07) is 0. The summed E-state index contributed by atoms with van der Waals surface area (Å²) in [7, 11) is 0. The average molecular weight is 781 g/mol. The van der Waals surface area contributed by atoms with E-state index in [1.165, 1.54) is 148 Å². The van der Waals surface area contributed by atoms with Crippen molar-refractivity contribution in [3.05, 3.63) is 0 Å². The Morgan fingerprint density at radius 2 is 0.709 bits per heavy atom. The van der Waals surface area contributed by atoms with Crippen molar-refractivity contribution in [2.24, 2.45) is 0 Å². The minimum Gasteiger partial charge on any atom is -0.481 e. The standard InChI is InChI=1S/C48H92O7/c1-5-8-11-14-16-18-20-22-24-26-28-30-33-38-46(51)53-42-44(55-48(4,41-36-37-45(49)50)40-35-32-13-10-7-3)43-54-47(52)39-34-31-29-27-25-23-21-19-17-15-12-9-6-2/h44H,5-43H2,1-4H3,(H,49,50). The third-order valence-electron chi connectivity index (χ3n) is 11.2. The van der Waals surface area contributed by atoms with Gasteiger partial charge in [0, 0.05) is 19.3 Å². The highest BCUT2D eigenvalue weighted by atomic mass is 16.6. The molecule has 0 aliphatic rings. The quantitative estimate of drug-likeness (QED) is 0.0485. The largest absolute Gasteiger partial charge is 0.481 e. The minimum atomic E-state index is -0.814. The number of carbonyl (C=O) groups is 3. The molecule has 0 aromatic rings. The van der Waals surface area contributed by atoms with Crippen molar-refractivity contribution in [3.63, 3.8) is 0 Å². The molecule has 0 aliphatic carbocycles. The Morgan fingerprint density at radius 3 is 1.04 bits per heavy atom. The molecule has 0 aromatic carbocycles. The Hall–Kier alpha value is -1.63. The summed E-state index contributed by atoms with van der Waals surface area (Å²) in [5.41, 5.74) is -0.588. The molecule has 1 unspecified atom stereocenters. The van der Waals surface area contributed by atoms with E-state index in [2.05, 4.69) is 20.8 Å². The lowest BCUT2D eigenvalue weighted by atomic mass is 9.91. The van der Waals surface area contributed by atoms with Crippen molar-refractivity contribution in [2.45, 2.75) is 277 Å². The van der Waals surface area contributed by atoms with Gasteiger partial charge in [-0.25, -0.2) is 0 Å². The molecule has 0 radical (unpaired) electrons. The molecule has 0 saturated carbocycles. The summed E-state index contributed by atoms with van der Waals surface area (Å²) in [5.74, 6) is -1.28. The Balaban J connectivity index is 4.74. The van der Waals surface area contributed by atoms with Crippen LogP contribution < -0.4 is 0 Å². The van der Waals surface area contributed by atoms with E-state index in [0.29, 0.717) is 25.7 Å². The lowest BCUT2D eigenvalue weighted by Gasteiger charge is -2.34. The molecule has 55 heavy (non-hydrogen) atoms. The molecule has 0 spiro atoms. The van der Waals surface area contributed by atoms with Crippen molar-refractivity contribution in [3.8, 4) is 0 Å². The van der Waals surface area contributed by atoms with Gasteiger partial charge in [-0.3, -0.25) is 14.4 Å². The van der Waals surface area contributed by atoms with Crippen LogP contribution in [-0.2, 0) is 28.6 Å². The van der Waals surface area contributed by atoms with Gasteiger partial charge in [-0.1, -0.05) is 207 Å². The highest BCUT2D eigenvalue weighted by Gasteiger charge is 2.30. The van der Waals surface area contributed by atoms with Gasteiger partial charge >= 0.3 is 17.9 Å². The van der Waals surface area contributed by atoms with Crippen molar-refractivity contribution < 1.29 is 33.7 Å². The average Bonchev–Trinajstić information content (AvgIpc) is 3.16. The van der Waals surface area contributed by atoms with Crippen LogP contribution in [0, 0.1) is 0 Å². The van der Waals surface area contributed by atoms with E-state index in [-0.39, 0.29) is 31.6 Å². The van der Waals surface area contributed by atoms with E-state index in [1.54, 1.807) is 0 Å². The number of hydrogen-bond acceptors (Lipinski definition) is 6. The van der Waals surface area contributed by atoms with Crippen LogP contribution >= 0.6 is 0 Å². The highest BCUT2D eigenvalue weighted by Crippen LogP contribution is 2.28. The Kier molecular flexibility index (Phi) is 39.4. The van der Waals surface area contributed by atoms with Crippen LogP contribution in [0.3, 0.4) is 0 Å². The maximum Gasteiger partial charge on any atom is 0.305 e. The molecule has 0 aromatic heterocycles. The third kappa shape index (κ3) is 39.0. The molecular formula is C48H92O7. The van der Waals surface area contributed by atoms with Gasteiger partial charge in [-0.15, -0.1) is 0 Å². The molecule has 1 atom stereocenters. The maximum absolute atomic E-state index is 12.8. The van der Waals surface area contributed by atoms with Gasteiger partial charge in [0.05, 0.1) is 5.60 Å². The van der Waals surface area contributed by atoms with Crippen molar-refractivity contribution in [2.75, 3.05) is 13.2 Å². The van der Waals surface area contributed by atoms with Crippen LogP contribution in [0.15, 0.2) is 0 Å². The second kappa shape index (κ2) is 40.6. The zero-order chi connectivity index (χ0) is 40.5. The molecule has 0 aliphatic heterocycles. The summed E-state index contributed by atoms with van der Waals surface area (Å²) in [4.78, 5) is 36.9. The van der Waals surface area contributed by atoms with E-state index < -0.39 is 17.7 Å². The highest BCUT2D eigenvalue weighted by molar-refractivity contribution is 5.69. The summed E-state index contributed by atoms with van der Waals surface area (Å²) in [5, 5.41) is 9.29. The maximum atomic E-state index is 12.8. The van der Waals surface area contributed by atoms with Gasteiger partial charge in [0.25, 0.3) is 0 Å². The summed E-state index contributed by atoms with van der Waals surface area (Å²) in [6.07, 6.45) is 40.4. The smallest absolute Gasteiger partial charge is 0.305 e. The SMILES string of the molecule is CCCCCCCCCCCCCCCC(=O)OCC(COC(=O)CCCCCCCCCCCCCCC)OC(C)(CCCCCCC)CCCC(=O)O. The first kappa shape index (κ1) is 53.4. The van der Waals surface area contributed by atoms with Crippen molar-refractivity contribution in [1.29, 1.82) is 0 Å². The molecule has 7 nitrogen and oxygen atoms in total. The van der Waals surface area contributed by atoms with Gasteiger partial charge in [-0.05, 0) is 39.0 Å². The molecule has 0 saturated heterocycles.